The third-order valence-electron chi connectivity index (χ3n) is 10.8. The first-order valence-electron chi connectivity index (χ1n) is 21.4. The van der Waals surface area contributed by atoms with E-state index in [1.165, 1.54) is 37.5 Å². The molecular formula is C40H65N11O14. The van der Waals surface area contributed by atoms with Crippen LogP contribution < -0.4 is 48.3 Å². The van der Waals surface area contributed by atoms with Crippen molar-refractivity contribution in [1.29, 1.82) is 0 Å². The fourth-order valence-corrected chi connectivity index (χ4v) is 6.97. The molecule has 2 heterocycles. The number of rotatable bonds is 23. The zero-order valence-corrected chi connectivity index (χ0v) is 38.0. The van der Waals surface area contributed by atoms with Crippen LogP contribution >= 0.6 is 0 Å². The van der Waals surface area contributed by atoms with Crippen molar-refractivity contribution in [2.75, 3.05) is 26.2 Å². The first-order chi connectivity index (χ1) is 30.3. The molecule has 364 valence electrons. The largest absolute Gasteiger partial charge is 0.481 e. The topological polar surface area (TPSA) is 374 Å². The minimum Gasteiger partial charge on any atom is -0.481 e. The summed E-state index contributed by atoms with van der Waals surface area (Å²) >= 11 is 0. The first-order valence-corrected chi connectivity index (χ1v) is 21.4. The summed E-state index contributed by atoms with van der Waals surface area (Å²) in [6.45, 7) is 11.2. The van der Waals surface area contributed by atoms with Gasteiger partial charge in [-0.1, -0.05) is 27.7 Å². The molecule has 9 atom stereocenters. The number of likely N-dealkylation sites (tertiary alicyclic amines) is 2. The van der Waals surface area contributed by atoms with Crippen molar-refractivity contribution in [2.45, 2.75) is 142 Å². The van der Waals surface area contributed by atoms with Crippen LogP contribution in [0, 0.1) is 11.8 Å². The Morgan fingerprint density at radius 3 is 1.54 bits per heavy atom. The highest BCUT2D eigenvalue weighted by Gasteiger charge is 2.39. The summed E-state index contributed by atoms with van der Waals surface area (Å²) in [4.78, 5) is 154. The van der Waals surface area contributed by atoms with E-state index >= 15 is 0 Å². The Bertz CT molecular complexity index is 1830. The van der Waals surface area contributed by atoms with Crippen LogP contribution in [-0.2, 0) is 57.5 Å². The molecule has 2 fully saturated rings. The lowest BCUT2D eigenvalue weighted by Gasteiger charge is -2.29. The Balaban J connectivity index is 1.86. The van der Waals surface area contributed by atoms with Crippen molar-refractivity contribution in [1.82, 2.24) is 52.3 Å². The second kappa shape index (κ2) is 25.2. The van der Waals surface area contributed by atoms with Crippen LogP contribution in [0.4, 0.5) is 0 Å². The normalized spacial score (nSPS) is 19.0. The van der Waals surface area contributed by atoms with Crippen molar-refractivity contribution >= 4 is 71.0 Å². The average molecular weight is 924 g/mol. The molecule has 25 heteroatoms. The van der Waals surface area contributed by atoms with E-state index in [1.54, 1.807) is 27.7 Å². The molecule has 0 radical (unpaired) electrons. The first kappa shape index (κ1) is 54.7. The molecule has 0 aliphatic carbocycles. The third kappa shape index (κ3) is 16.6. The average Bonchev–Trinajstić information content (AvgIpc) is 3.93. The molecule has 0 saturated carbocycles. The van der Waals surface area contributed by atoms with Crippen molar-refractivity contribution < 1.29 is 67.7 Å². The molecule has 0 unspecified atom stereocenters. The van der Waals surface area contributed by atoms with Gasteiger partial charge in [0.05, 0.1) is 25.6 Å². The summed E-state index contributed by atoms with van der Waals surface area (Å²) < 4.78 is 0. The van der Waals surface area contributed by atoms with Gasteiger partial charge in [-0.3, -0.25) is 52.7 Å². The van der Waals surface area contributed by atoms with Gasteiger partial charge in [-0.2, -0.15) is 0 Å². The molecule has 0 spiro atoms. The molecule has 25 nitrogen and oxygen atoms in total. The summed E-state index contributed by atoms with van der Waals surface area (Å²) in [6.07, 6.45) is 0.764. The quantitative estimate of drug-likeness (QED) is 0.0459. The molecule has 2 aliphatic rings. The van der Waals surface area contributed by atoms with E-state index in [1.807, 2.05) is 0 Å². The van der Waals surface area contributed by atoms with E-state index in [2.05, 4.69) is 42.5 Å². The molecule has 10 amide bonds. The van der Waals surface area contributed by atoms with Gasteiger partial charge in [0.2, 0.25) is 59.1 Å². The lowest BCUT2D eigenvalue weighted by Crippen LogP contribution is -2.58. The Kier molecular flexibility index (Phi) is 21.2. The summed E-state index contributed by atoms with van der Waals surface area (Å²) in [7, 11) is 0. The number of nitrogens with zero attached hydrogens (tertiary/aromatic N) is 2. The van der Waals surface area contributed by atoms with Gasteiger partial charge in [0.25, 0.3) is 0 Å². The summed E-state index contributed by atoms with van der Waals surface area (Å²) in [6, 6.07) is -10.3. The van der Waals surface area contributed by atoms with Gasteiger partial charge in [-0.25, -0.2) is 4.79 Å². The Hall–Kier alpha value is -6.40. The van der Waals surface area contributed by atoms with Gasteiger partial charge in [-0.15, -0.1) is 0 Å². The molecule has 2 rings (SSSR count). The maximum Gasteiger partial charge on any atom is 0.326 e. The van der Waals surface area contributed by atoms with Gasteiger partial charge in [-0.05, 0) is 65.2 Å². The van der Waals surface area contributed by atoms with Gasteiger partial charge < -0.3 is 68.3 Å². The monoisotopic (exact) mass is 923 g/mol. The van der Waals surface area contributed by atoms with Crippen LogP contribution in [0.5, 0.6) is 0 Å². The highest BCUT2D eigenvalue weighted by atomic mass is 16.4. The summed E-state index contributed by atoms with van der Waals surface area (Å²) in [5, 5.41) is 37.7. The van der Waals surface area contributed by atoms with E-state index in [9.17, 15) is 62.6 Å². The predicted octanol–water partition coefficient (Wildman–Crippen LogP) is -4.61. The molecule has 65 heavy (non-hydrogen) atoms. The number of amides is 10. The number of carbonyl (C=O) groups is 12. The second-order valence-corrected chi connectivity index (χ2v) is 16.9. The Morgan fingerprint density at radius 1 is 0.538 bits per heavy atom. The fraction of sp³-hybridized carbons (Fsp3) is 0.700. The summed E-state index contributed by atoms with van der Waals surface area (Å²) in [5.74, 6) is -10.5. The summed E-state index contributed by atoms with van der Waals surface area (Å²) in [5.41, 5.74) is 5.48. The van der Waals surface area contributed by atoms with Crippen LogP contribution in [0.15, 0.2) is 0 Å². The van der Waals surface area contributed by atoms with Gasteiger partial charge in [0.1, 0.15) is 48.3 Å². The van der Waals surface area contributed by atoms with E-state index in [-0.39, 0.29) is 25.9 Å². The number of hydrogen-bond donors (Lipinski definition) is 11. The predicted molar refractivity (Wildman–Crippen MR) is 227 cm³/mol. The van der Waals surface area contributed by atoms with Crippen LogP contribution in [0.25, 0.3) is 0 Å². The number of aliphatic carboxylic acids is 2. The van der Waals surface area contributed by atoms with E-state index in [0.717, 1.165) is 0 Å². The third-order valence-corrected chi connectivity index (χ3v) is 10.8. The van der Waals surface area contributed by atoms with Crippen LogP contribution in [0.3, 0.4) is 0 Å². The van der Waals surface area contributed by atoms with Crippen molar-refractivity contribution in [3.05, 3.63) is 0 Å². The number of nitrogens with one attached hydrogen (secondary N) is 8. The van der Waals surface area contributed by atoms with Gasteiger partial charge in [0.15, 0.2) is 0 Å². The highest BCUT2D eigenvalue weighted by Crippen LogP contribution is 2.20. The number of carboxylic acid groups (broad SMARTS) is 2. The fourth-order valence-electron chi connectivity index (χ4n) is 6.97. The van der Waals surface area contributed by atoms with Crippen molar-refractivity contribution in [3.8, 4) is 0 Å². The molecule has 0 aromatic heterocycles. The smallest absolute Gasteiger partial charge is 0.326 e. The number of carboxylic acids is 2. The van der Waals surface area contributed by atoms with E-state index in [0.29, 0.717) is 12.8 Å². The van der Waals surface area contributed by atoms with Crippen molar-refractivity contribution in [2.24, 2.45) is 17.6 Å². The van der Waals surface area contributed by atoms with E-state index < -0.39 is 157 Å². The van der Waals surface area contributed by atoms with Crippen LogP contribution in [0.2, 0.25) is 0 Å². The molecular weight excluding hydrogens is 859 g/mol. The van der Waals surface area contributed by atoms with Crippen LogP contribution in [-0.4, -0.2) is 172 Å². The number of hydrogen-bond acceptors (Lipinski definition) is 13. The number of carbonyl (C=O) groups excluding carboxylic acids is 10. The second-order valence-electron chi connectivity index (χ2n) is 16.9. The highest BCUT2D eigenvalue weighted by molar-refractivity contribution is 5.98. The van der Waals surface area contributed by atoms with E-state index in [4.69, 9.17) is 10.8 Å². The maximum absolute atomic E-state index is 13.3. The van der Waals surface area contributed by atoms with Crippen molar-refractivity contribution in [3.63, 3.8) is 0 Å². The lowest BCUT2D eigenvalue weighted by atomic mass is 10.00. The minimum atomic E-state index is -1.40. The molecule has 2 saturated heterocycles. The van der Waals surface area contributed by atoms with Gasteiger partial charge >= 0.3 is 11.9 Å². The Labute approximate surface area is 376 Å². The number of nitrogens with two attached hydrogens (primary N) is 1. The SMILES string of the molecule is CC(C)[C@H](NC(=O)[C@@H](NC(=O)[C@@H]1CCCN1C(=O)CNC(=O)[C@H](C)NC(=O)[C@H](C)NC(=O)[C@@H]1CCCN1C(=O)[C@H](C)NC(=O)CNC(=O)[C@H](C)NC(=O)[C@@H](N)CC(=O)O)C(C)C)C(=O)O. The van der Waals surface area contributed by atoms with Crippen LogP contribution in [0.1, 0.15) is 87.5 Å². The minimum absolute atomic E-state index is 0.164. The molecule has 0 bridgehead atoms. The Morgan fingerprint density at radius 2 is 1.02 bits per heavy atom. The van der Waals surface area contributed by atoms with Gasteiger partial charge in [0, 0.05) is 13.1 Å². The molecule has 0 aromatic rings. The maximum atomic E-state index is 13.3. The zero-order chi connectivity index (χ0) is 49.5. The lowest BCUT2D eigenvalue weighted by molar-refractivity contribution is -0.144. The standard InChI is InChI=1S/C40H65N11O14/c1-18(2)30(38(62)49-31(19(3)4)40(64)65)48-37(61)25-11-9-13-50(25)28(53)17-43-33(57)20(5)45-34(58)22(7)47-36(60)26-12-10-14-51(26)39(63)23(8)44-27(52)16-42-32(56)21(6)46-35(59)24(41)15-29(54)55/h18-26,30-31H,9-17,41H2,1-8H3,(H,42,56)(H,43,57)(H,44,52)(H,45,58)(H,46,59)(H,47,60)(H,48,61)(H,49,62)(H,54,55)(H,64,65)/t20-,21-,22-,23-,24-,25-,26-,30-,31-/m0/s1. The zero-order valence-electron chi connectivity index (χ0n) is 38.0. The molecule has 12 N–H and O–H groups in total. The molecule has 0 aromatic carbocycles. The molecule has 2 aliphatic heterocycles.